The van der Waals surface area contributed by atoms with Crippen molar-refractivity contribution in [2.75, 3.05) is 0 Å². The van der Waals surface area contributed by atoms with Crippen molar-refractivity contribution in [1.29, 1.82) is 0 Å². The fourth-order valence-electron chi connectivity index (χ4n) is 4.75. The van der Waals surface area contributed by atoms with Gasteiger partial charge in [0.2, 0.25) is 11.8 Å². The summed E-state index contributed by atoms with van der Waals surface area (Å²) in [7, 11) is 0. The second-order valence-electron chi connectivity index (χ2n) is 9.27. The first-order chi connectivity index (χ1) is 19.9. The van der Waals surface area contributed by atoms with E-state index in [2.05, 4.69) is 21.5 Å². The van der Waals surface area contributed by atoms with Gasteiger partial charge in [0, 0.05) is 12.8 Å². The molecule has 0 spiro atoms. The number of hydrogen-bond donors (Lipinski definition) is 3. The van der Waals surface area contributed by atoms with Crippen molar-refractivity contribution in [3.05, 3.63) is 70.8 Å². The Bertz CT molecular complexity index is 1380. The molecular formula is C27H23N5O10. The number of piperidine rings is 1. The summed E-state index contributed by atoms with van der Waals surface area (Å²) in [6, 6.07) is 10.1. The van der Waals surface area contributed by atoms with Crippen molar-refractivity contribution in [1.82, 2.24) is 15.1 Å². The predicted octanol–water partition coefficient (Wildman–Crippen LogP) is -0.374. The highest BCUT2D eigenvalue weighted by Crippen LogP contribution is 2.29. The van der Waals surface area contributed by atoms with E-state index in [4.69, 9.17) is 4.79 Å². The number of cyclic esters (lactones) is 2. The average molecular weight is 578 g/mol. The molecular weight excluding hydrogens is 554 g/mol. The lowest BCUT2D eigenvalue weighted by Gasteiger charge is -2.27. The van der Waals surface area contributed by atoms with E-state index in [-0.39, 0.29) is 42.7 Å². The van der Waals surface area contributed by atoms with Crippen LogP contribution in [-0.4, -0.2) is 75.3 Å². The van der Waals surface area contributed by atoms with Crippen LogP contribution in [0.4, 0.5) is 4.79 Å². The molecule has 0 aliphatic carbocycles. The largest absolute Gasteiger partial charge is 0.392 e. The number of urea groups is 1. The molecule has 5 N–H and O–H groups in total. The smallest absolute Gasteiger partial charge is 0.337 e. The Morgan fingerprint density at radius 2 is 1.05 bits per heavy atom. The number of primary amides is 2. The SMILES string of the molecule is NC(N)=O.O=C1CCC(N2C(=O)c3ccccc3C2=O)C(=O)N1.O=C1CCC(N2C(=O)c3ccccc3C2=O)C(=O)O1. The van der Waals surface area contributed by atoms with E-state index in [1.54, 1.807) is 36.4 Å². The lowest BCUT2D eigenvalue weighted by molar-refractivity contribution is -0.167. The van der Waals surface area contributed by atoms with Crippen LogP contribution >= 0.6 is 0 Å². The third-order valence-electron chi connectivity index (χ3n) is 6.59. The Hall–Kier alpha value is -5.73. The monoisotopic (exact) mass is 577 g/mol. The van der Waals surface area contributed by atoms with Crippen LogP contribution in [0, 0.1) is 0 Å². The number of fused-ring (bicyclic) bond motifs is 2. The van der Waals surface area contributed by atoms with E-state index in [1.807, 2.05) is 0 Å². The number of amides is 8. The molecule has 2 aromatic carbocycles. The predicted molar refractivity (Wildman–Crippen MR) is 138 cm³/mol. The van der Waals surface area contributed by atoms with Crippen LogP contribution in [0.3, 0.4) is 0 Å². The highest BCUT2D eigenvalue weighted by atomic mass is 16.6. The molecule has 4 aliphatic heterocycles. The molecule has 15 heteroatoms. The van der Waals surface area contributed by atoms with Crippen molar-refractivity contribution < 1.29 is 47.9 Å². The number of nitrogens with one attached hydrogen (secondary N) is 1. The van der Waals surface area contributed by atoms with Gasteiger partial charge >= 0.3 is 18.0 Å². The van der Waals surface area contributed by atoms with E-state index in [0.717, 1.165) is 9.80 Å². The molecule has 6 rings (SSSR count). The van der Waals surface area contributed by atoms with Crippen molar-refractivity contribution in [2.45, 2.75) is 37.8 Å². The summed E-state index contributed by atoms with van der Waals surface area (Å²) in [5.74, 6) is -4.42. The van der Waals surface area contributed by atoms with Crippen LogP contribution in [0.2, 0.25) is 0 Å². The van der Waals surface area contributed by atoms with Gasteiger partial charge in [0.1, 0.15) is 12.1 Å². The Morgan fingerprint density at radius 1 is 0.667 bits per heavy atom. The van der Waals surface area contributed by atoms with Gasteiger partial charge < -0.3 is 16.2 Å². The molecule has 2 fully saturated rings. The molecule has 2 aromatic rings. The van der Waals surface area contributed by atoms with Crippen LogP contribution in [0.5, 0.6) is 0 Å². The Morgan fingerprint density at radius 3 is 1.43 bits per heavy atom. The van der Waals surface area contributed by atoms with Gasteiger partial charge in [-0.15, -0.1) is 0 Å². The maximum Gasteiger partial charge on any atom is 0.337 e. The van der Waals surface area contributed by atoms with Gasteiger partial charge in [-0.05, 0) is 37.1 Å². The van der Waals surface area contributed by atoms with Crippen molar-refractivity contribution >= 4 is 53.4 Å². The van der Waals surface area contributed by atoms with Crippen LogP contribution in [-0.2, 0) is 23.9 Å². The molecule has 42 heavy (non-hydrogen) atoms. The summed E-state index contributed by atoms with van der Waals surface area (Å²) in [6.07, 6.45) is 0.437. The summed E-state index contributed by atoms with van der Waals surface area (Å²) >= 11 is 0. The van der Waals surface area contributed by atoms with Gasteiger partial charge in [-0.25, -0.2) is 9.59 Å². The zero-order valence-corrected chi connectivity index (χ0v) is 21.7. The molecule has 2 unspecified atom stereocenters. The average Bonchev–Trinajstić information content (AvgIpc) is 3.34. The minimum atomic E-state index is -1.01. The minimum Gasteiger partial charge on any atom is -0.392 e. The topological polar surface area (TPSA) is 233 Å². The standard InChI is InChI=1S/C13H10N2O4.C13H9NO5.CH4N2O/c16-10-6-5-9(11(17)14-10)15-12(18)7-3-1-2-4-8(7)13(15)19;15-10-6-5-9(13(18)19-10)14-11(16)7-3-1-2-4-8(7)12(14)17;2-1(3)4/h1-4,9H,5-6H2,(H,14,16,17);1-4,9H,5-6H2;(H4,2,3,4). The lowest BCUT2D eigenvalue weighted by Crippen LogP contribution is -2.54. The van der Waals surface area contributed by atoms with E-state index in [1.165, 1.54) is 12.1 Å². The first-order valence-corrected chi connectivity index (χ1v) is 12.5. The molecule has 216 valence electrons. The van der Waals surface area contributed by atoms with Crippen LogP contribution in [0.25, 0.3) is 0 Å². The normalized spacial score (nSPS) is 21.0. The Balaban J connectivity index is 0.000000171. The second-order valence-corrected chi connectivity index (χ2v) is 9.27. The number of nitrogens with zero attached hydrogens (tertiary/aromatic N) is 2. The summed E-state index contributed by atoms with van der Waals surface area (Å²) in [4.78, 5) is 105. The van der Waals surface area contributed by atoms with Gasteiger partial charge in [-0.3, -0.25) is 48.7 Å². The first kappa shape index (κ1) is 29.3. The van der Waals surface area contributed by atoms with Crippen molar-refractivity contribution in [3.63, 3.8) is 0 Å². The van der Waals surface area contributed by atoms with Crippen LogP contribution < -0.4 is 16.8 Å². The van der Waals surface area contributed by atoms with Crippen molar-refractivity contribution in [3.8, 4) is 0 Å². The zero-order chi connectivity index (χ0) is 30.7. The van der Waals surface area contributed by atoms with Crippen LogP contribution in [0.15, 0.2) is 48.5 Å². The quantitative estimate of drug-likeness (QED) is 0.238. The van der Waals surface area contributed by atoms with Crippen LogP contribution in [0.1, 0.15) is 67.1 Å². The van der Waals surface area contributed by atoms with E-state index in [9.17, 15) is 38.4 Å². The van der Waals surface area contributed by atoms with E-state index < -0.39 is 59.6 Å². The number of nitrogens with two attached hydrogens (primary N) is 2. The molecule has 4 heterocycles. The maximum atomic E-state index is 12.2. The lowest BCUT2D eigenvalue weighted by atomic mass is 10.0. The number of esters is 2. The summed E-state index contributed by atoms with van der Waals surface area (Å²) in [5, 5.41) is 2.15. The van der Waals surface area contributed by atoms with Gasteiger partial charge in [0.05, 0.1) is 22.3 Å². The number of benzene rings is 2. The van der Waals surface area contributed by atoms with Gasteiger partial charge in [0.15, 0.2) is 0 Å². The number of hydrogen-bond acceptors (Lipinski definition) is 10. The second kappa shape index (κ2) is 11.8. The van der Waals surface area contributed by atoms with E-state index in [0.29, 0.717) is 11.1 Å². The Labute approximate surface area is 236 Å². The van der Waals surface area contributed by atoms with Crippen molar-refractivity contribution in [2.24, 2.45) is 11.5 Å². The Kier molecular flexibility index (Phi) is 8.21. The molecule has 0 aromatic heterocycles. The molecule has 0 bridgehead atoms. The number of carbonyl (C=O) groups is 9. The minimum absolute atomic E-state index is 0.0177. The fourth-order valence-corrected chi connectivity index (χ4v) is 4.75. The number of ether oxygens (including phenoxy) is 1. The highest BCUT2D eigenvalue weighted by Gasteiger charge is 2.46. The molecule has 0 radical (unpaired) electrons. The number of rotatable bonds is 2. The number of carbonyl (C=O) groups excluding carboxylic acids is 9. The zero-order valence-electron chi connectivity index (χ0n) is 21.7. The molecule has 0 saturated carbocycles. The molecule has 2 saturated heterocycles. The molecule has 2 atom stereocenters. The van der Waals surface area contributed by atoms with Gasteiger partial charge in [0.25, 0.3) is 23.6 Å². The first-order valence-electron chi connectivity index (χ1n) is 12.5. The summed E-state index contributed by atoms with van der Waals surface area (Å²) in [5.41, 5.74) is 9.66. The summed E-state index contributed by atoms with van der Waals surface area (Å²) < 4.78 is 4.48. The summed E-state index contributed by atoms with van der Waals surface area (Å²) in [6.45, 7) is 0. The van der Waals surface area contributed by atoms with E-state index >= 15 is 0 Å². The highest BCUT2D eigenvalue weighted by molar-refractivity contribution is 6.24. The fraction of sp³-hybridized carbons (Fsp3) is 0.222. The molecule has 4 aliphatic rings. The number of imide groups is 3. The van der Waals surface area contributed by atoms with Gasteiger partial charge in [-0.2, -0.15) is 0 Å². The third kappa shape index (κ3) is 5.60. The molecule has 8 amide bonds. The maximum absolute atomic E-state index is 12.2. The van der Waals surface area contributed by atoms with Gasteiger partial charge in [-0.1, -0.05) is 24.3 Å². The molecule has 15 nitrogen and oxygen atoms in total. The third-order valence-corrected chi connectivity index (χ3v) is 6.59.